The minimum atomic E-state index is 0.0292. The van der Waals surface area contributed by atoms with Gasteiger partial charge in [0.25, 0.3) is 0 Å². The minimum absolute atomic E-state index is 0.0292. The number of likely N-dealkylation sites (tertiary alicyclic amines) is 1. The average molecular weight is 389 g/mol. The van der Waals surface area contributed by atoms with Crippen LogP contribution in [0.5, 0.6) is 5.75 Å². The SMILES string of the molecule is COc1ccccc1NC(=S)N1CCC(C(=O)c2ccc(Cl)cc2)CC1. The summed E-state index contributed by atoms with van der Waals surface area (Å²) in [5.74, 6) is 0.967. The molecule has 3 rings (SSSR count). The Kier molecular flexibility index (Phi) is 6.12. The molecule has 1 aliphatic rings. The van der Waals surface area contributed by atoms with Gasteiger partial charge >= 0.3 is 0 Å². The van der Waals surface area contributed by atoms with Gasteiger partial charge in [-0.2, -0.15) is 0 Å². The molecule has 0 bridgehead atoms. The molecule has 136 valence electrons. The van der Waals surface area contributed by atoms with E-state index in [1.54, 1.807) is 31.4 Å². The molecule has 0 spiro atoms. The van der Waals surface area contributed by atoms with Crippen molar-refractivity contribution in [3.8, 4) is 5.75 Å². The van der Waals surface area contributed by atoms with Crippen molar-refractivity contribution in [1.29, 1.82) is 0 Å². The van der Waals surface area contributed by atoms with Crippen molar-refractivity contribution in [2.45, 2.75) is 12.8 Å². The summed E-state index contributed by atoms with van der Waals surface area (Å²) in [4.78, 5) is 14.7. The number of halogens is 1. The summed E-state index contributed by atoms with van der Waals surface area (Å²) in [6, 6.07) is 14.8. The maximum absolute atomic E-state index is 12.6. The van der Waals surface area contributed by atoms with Gasteiger partial charge in [0.1, 0.15) is 5.75 Å². The lowest BCUT2D eigenvalue weighted by Crippen LogP contribution is -2.42. The number of ketones is 1. The number of rotatable bonds is 4. The zero-order valence-corrected chi connectivity index (χ0v) is 16.1. The zero-order valence-electron chi connectivity index (χ0n) is 14.6. The molecule has 4 nitrogen and oxygen atoms in total. The van der Waals surface area contributed by atoms with Gasteiger partial charge in [-0.05, 0) is 61.5 Å². The van der Waals surface area contributed by atoms with E-state index in [9.17, 15) is 4.79 Å². The second-order valence-electron chi connectivity index (χ2n) is 6.26. The smallest absolute Gasteiger partial charge is 0.173 e. The first-order valence-corrected chi connectivity index (χ1v) is 9.36. The highest BCUT2D eigenvalue weighted by Crippen LogP contribution is 2.26. The van der Waals surface area contributed by atoms with Crippen LogP contribution < -0.4 is 10.1 Å². The molecule has 0 aromatic heterocycles. The van der Waals surface area contributed by atoms with Crippen LogP contribution in [0.1, 0.15) is 23.2 Å². The van der Waals surface area contributed by atoms with E-state index >= 15 is 0 Å². The molecule has 0 atom stereocenters. The van der Waals surface area contributed by atoms with E-state index in [-0.39, 0.29) is 11.7 Å². The fraction of sp³-hybridized carbons (Fsp3) is 0.300. The highest BCUT2D eigenvalue weighted by Gasteiger charge is 2.27. The van der Waals surface area contributed by atoms with Crippen LogP contribution in [0, 0.1) is 5.92 Å². The van der Waals surface area contributed by atoms with Gasteiger partial charge < -0.3 is 15.0 Å². The van der Waals surface area contributed by atoms with E-state index in [2.05, 4.69) is 10.2 Å². The molecular formula is C20H21ClN2O2S. The number of hydrogen-bond acceptors (Lipinski definition) is 3. The third-order valence-corrected chi connectivity index (χ3v) is 5.24. The molecule has 1 saturated heterocycles. The van der Waals surface area contributed by atoms with Crippen molar-refractivity contribution < 1.29 is 9.53 Å². The summed E-state index contributed by atoms with van der Waals surface area (Å²) >= 11 is 11.4. The number of anilines is 1. The summed E-state index contributed by atoms with van der Waals surface area (Å²) in [6.07, 6.45) is 1.57. The first-order chi connectivity index (χ1) is 12.6. The standard InChI is InChI=1S/C20H21ClN2O2S/c1-25-18-5-3-2-4-17(18)22-20(26)23-12-10-15(11-13-23)19(24)14-6-8-16(21)9-7-14/h2-9,15H,10-13H2,1H3,(H,22,26). The molecule has 0 amide bonds. The lowest BCUT2D eigenvalue weighted by atomic mass is 9.89. The van der Waals surface area contributed by atoms with Gasteiger partial charge in [-0.15, -0.1) is 0 Å². The largest absolute Gasteiger partial charge is 0.495 e. The van der Waals surface area contributed by atoms with Crippen LogP contribution in [0.15, 0.2) is 48.5 Å². The highest BCUT2D eigenvalue weighted by atomic mass is 35.5. The average Bonchev–Trinajstić information content (AvgIpc) is 2.68. The number of ether oxygens (including phenoxy) is 1. The molecule has 1 heterocycles. The number of piperidine rings is 1. The molecular weight excluding hydrogens is 368 g/mol. The van der Waals surface area contributed by atoms with Gasteiger partial charge in [0.15, 0.2) is 10.9 Å². The van der Waals surface area contributed by atoms with E-state index in [1.807, 2.05) is 24.3 Å². The number of para-hydroxylation sites is 2. The molecule has 0 saturated carbocycles. The summed E-state index contributed by atoms with van der Waals surface area (Å²) in [5.41, 5.74) is 1.57. The predicted molar refractivity (Wildman–Crippen MR) is 109 cm³/mol. The number of nitrogens with zero attached hydrogens (tertiary/aromatic N) is 1. The molecule has 2 aromatic carbocycles. The van der Waals surface area contributed by atoms with Crippen molar-refractivity contribution in [3.05, 3.63) is 59.1 Å². The number of Topliss-reactive ketones (excluding diaryl/α,β-unsaturated/α-hetero) is 1. The normalized spacial score (nSPS) is 14.8. The maximum atomic E-state index is 12.6. The number of methoxy groups -OCH3 is 1. The van der Waals surface area contributed by atoms with Crippen molar-refractivity contribution in [3.63, 3.8) is 0 Å². The van der Waals surface area contributed by atoms with Crippen molar-refractivity contribution in [1.82, 2.24) is 4.90 Å². The molecule has 1 aliphatic heterocycles. The minimum Gasteiger partial charge on any atom is -0.495 e. The Morgan fingerprint density at radius 3 is 2.46 bits per heavy atom. The fourth-order valence-corrected chi connectivity index (χ4v) is 3.56. The van der Waals surface area contributed by atoms with E-state index < -0.39 is 0 Å². The van der Waals surface area contributed by atoms with E-state index in [0.29, 0.717) is 10.1 Å². The first-order valence-electron chi connectivity index (χ1n) is 8.57. The summed E-state index contributed by atoms with van der Waals surface area (Å²) in [5, 5.41) is 4.55. The van der Waals surface area contributed by atoms with E-state index in [1.165, 1.54) is 0 Å². The summed E-state index contributed by atoms with van der Waals surface area (Å²) in [6.45, 7) is 1.51. The Labute approximate surface area is 164 Å². The number of hydrogen-bond donors (Lipinski definition) is 1. The Balaban J connectivity index is 1.57. The number of carbonyl (C=O) groups is 1. The summed E-state index contributed by atoms with van der Waals surface area (Å²) < 4.78 is 5.34. The van der Waals surface area contributed by atoms with Crippen LogP contribution in [0.25, 0.3) is 0 Å². The zero-order chi connectivity index (χ0) is 18.5. The van der Waals surface area contributed by atoms with Crippen molar-refractivity contribution in [2.24, 2.45) is 5.92 Å². The van der Waals surface area contributed by atoms with Gasteiger partial charge in [0, 0.05) is 29.6 Å². The van der Waals surface area contributed by atoms with Gasteiger partial charge in [0.05, 0.1) is 12.8 Å². The monoisotopic (exact) mass is 388 g/mol. The number of carbonyl (C=O) groups excluding carboxylic acids is 1. The van der Waals surface area contributed by atoms with Crippen LogP contribution >= 0.6 is 23.8 Å². The molecule has 0 aliphatic carbocycles. The predicted octanol–water partition coefficient (Wildman–Crippen LogP) is 4.64. The quantitative estimate of drug-likeness (QED) is 0.610. The van der Waals surface area contributed by atoms with E-state index in [4.69, 9.17) is 28.6 Å². The fourth-order valence-electron chi connectivity index (χ4n) is 3.14. The van der Waals surface area contributed by atoms with Crippen molar-refractivity contribution >= 4 is 40.4 Å². The van der Waals surface area contributed by atoms with Gasteiger partial charge in [-0.1, -0.05) is 23.7 Å². The second kappa shape index (κ2) is 8.52. The Morgan fingerprint density at radius 1 is 1.15 bits per heavy atom. The Morgan fingerprint density at radius 2 is 1.81 bits per heavy atom. The van der Waals surface area contributed by atoms with Crippen molar-refractivity contribution in [2.75, 3.05) is 25.5 Å². The van der Waals surface area contributed by atoms with E-state index in [0.717, 1.165) is 42.9 Å². The second-order valence-corrected chi connectivity index (χ2v) is 7.09. The molecule has 1 fully saturated rings. The molecule has 2 aromatic rings. The molecule has 26 heavy (non-hydrogen) atoms. The third-order valence-electron chi connectivity index (χ3n) is 4.63. The molecule has 1 N–H and O–H groups in total. The lowest BCUT2D eigenvalue weighted by molar-refractivity contribution is 0.0873. The number of thiocarbonyl (C=S) groups is 1. The first kappa shape index (κ1) is 18.7. The maximum Gasteiger partial charge on any atom is 0.173 e. The lowest BCUT2D eigenvalue weighted by Gasteiger charge is -2.33. The molecule has 0 radical (unpaired) electrons. The Hall–Kier alpha value is -2.11. The summed E-state index contributed by atoms with van der Waals surface area (Å²) in [7, 11) is 1.64. The van der Waals surface area contributed by atoms with Crippen LogP contribution in [0.3, 0.4) is 0 Å². The van der Waals surface area contributed by atoms with Gasteiger partial charge in [-0.25, -0.2) is 0 Å². The van der Waals surface area contributed by atoms with Crippen LogP contribution in [-0.2, 0) is 0 Å². The topological polar surface area (TPSA) is 41.6 Å². The molecule has 0 unspecified atom stereocenters. The molecule has 6 heteroatoms. The Bertz CT molecular complexity index is 787. The van der Waals surface area contributed by atoms with Crippen LogP contribution in [-0.4, -0.2) is 36.0 Å². The van der Waals surface area contributed by atoms with Gasteiger partial charge in [-0.3, -0.25) is 4.79 Å². The van der Waals surface area contributed by atoms with Crippen LogP contribution in [0.4, 0.5) is 5.69 Å². The highest BCUT2D eigenvalue weighted by molar-refractivity contribution is 7.80. The number of nitrogens with one attached hydrogen (secondary N) is 1. The van der Waals surface area contributed by atoms with Gasteiger partial charge in [0.2, 0.25) is 0 Å². The number of benzene rings is 2. The third kappa shape index (κ3) is 4.34. The van der Waals surface area contributed by atoms with Crippen LogP contribution in [0.2, 0.25) is 5.02 Å².